The van der Waals surface area contributed by atoms with Crippen molar-refractivity contribution >= 4 is 33.4 Å². The second-order valence-electron chi connectivity index (χ2n) is 5.63. The molecular formula is C19H18N2O3S. The van der Waals surface area contributed by atoms with Gasteiger partial charge in [-0.2, -0.15) is 4.99 Å². The van der Waals surface area contributed by atoms with E-state index < -0.39 is 0 Å². The number of esters is 1. The van der Waals surface area contributed by atoms with Crippen LogP contribution >= 0.6 is 11.3 Å². The van der Waals surface area contributed by atoms with Crippen molar-refractivity contribution in [3.8, 4) is 0 Å². The van der Waals surface area contributed by atoms with E-state index in [1.54, 1.807) is 31.2 Å². The van der Waals surface area contributed by atoms with Crippen LogP contribution in [0.4, 0.5) is 0 Å². The van der Waals surface area contributed by atoms with E-state index in [1.807, 2.05) is 36.7 Å². The fourth-order valence-corrected chi connectivity index (χ4v) is 3.49. The van der Waals surface area contributed by atoms with E-state index in [0.29, 0.717) is 22.5 Å². The van der Waals surface area contributed by atoms with Crippen LogP contribution in [0.3, 0.4) is 0 Å². The third kappa shape index (κ3) is 3.53. The Hall–Kier alpha value is -2.73. The lowest BCUT2D eigenvalue weighted by atomic mass is 10.1. The van der Waals surface area contributed by atoms with Gasteiger partial charge in [-0.05, 0) is 44.2 Å². The van der Waals surface area contributed by atoms with Crippen molar-refractivity contribution in [3.05, 3.63) is 64.0 Å². The summed E-state index contributed by atoms with van der Waals surface area (Å²) in [4.78, 5) is 29.1. The number of aryl methyl sites for hydroxylation is 2. The van der Waals surface area contributed by atoms with Crippen molar-refractivity contribution in [3.63, 3.8) is 0 Å². The van der Waals surface area contributed by atoms with Crippen molar-refractivity contribution < 1.29 is 14.3 Å². The monoisotopic (exact) mass is 354 g/mol. The molecular weight excluding hydrogens is 336 g/mol. The third-order valence-corrected chi connectivity index (χ3v) is 4.91. The number of aromatic nitrogens is 1. The van der Waals surface area contributed by atoms with Gasteiger partial charge in [-0.15, -0.1) is 0 Å². The van der Waals surface area contributed by atoms with Gasteiger partial charge >= 0.3 is 5.97 Å². The number of hydrogen-bond acceptors (Lipinski definition) is 4. The SMILES string of the molecule is CCOC(=O)c1ccc2c(c1)sc(=NC(=O)c1ccc(C)cc1)n2C. The molecule has 0 fully saturated rings. The molecule has 0 radical (unpaired) electrons. The Morgan fingerprint density at radius 2 is 1.80 bits per heavy atom. The van der Waals surface area contributed by atoms with Crippen molar-refractivity contribution in [1.82, 2.24) is 4.57 Å². The molecule has 3 rings (SSSR count). The molecule has 0 saturated carbocycles. The molecule has 1 amide bonds. The summed E-state index contributed by atoms with van der Waals surface area (Å²) in [5.74, 6) is -0.637. The fraction of sp³-hybridized carbons (Fsp3) is 0.211. The summed E-state index contributed by atoms with van der Waals surface area (Å²) in [6, 6.07) is 12.7. The minimum absolute atomic E-state index is 0.284. The highest BCUT2D eigenvalue weighted by Gasteiger charge is 2.11. The van der Waals surface area contributed by atoms with E-state index in [9.17, 15) is 9.59 Å². The largest absolute Gasteiger partial charge is 0.462 e. The van der Waals surface area contributed by atoms with Crippen LogP contribution < -0.4 is 4.80 Å². The Labute approximate surface area is 149 Å². The van der Waals surface area contributed by atoms with Crippen LogP contribution in [0, 0.1) is 6.92 Å². The quantitative estimate of drug-likeness (QED) is 0.677. The van der Waals surface area contributed by atoms with E-state index >= 15 is 0 Å². The number of hydrogen-bond donors (Lipinski definition) is 0. The van der Waals surface area contributed by atoms with Crippen molar-refractivity contribution in [2.24, 2.45) is 12.0 Å². The molecule has 0 N–H and O–H groups in total. The molecule has 5 nitrogen and oxygen atoms in total. The number of amides is 1. The van der Waals surface area contributed by atoms with Gasteiger partial charge in [0.05, 0.1) is 22.4 Å². The van der Waals surface area contributed by atoms with Gasteiger partial charge in [0.25, 0.3) is 5.91 Å². The van der Waals surface area contributed by atoms with Gasteiger partial charge in [-0.3, -0.25) is 4.79 Å². The van der Waals surface area contributed by atoms with Crippen molar-refractivity contribution in [1.29, 1.82) is 0 Å². The van der Waals surface area contributed by atoms with E-state index in [1.165, 1.54) is 11.3 Å². The standard InChI is InChI=1S/C19H18N2O3S/c1-4-24-18(23)14-9-10-15-16(11-14)25-19(21(15)3)20-17(22)13-7-5-12(2)6-8-13/h5-11H,4H2,1-3H3. The lowest BCUT2D eigenvalue weighted by molar-refractivity contribution is 0.0526. The van der Waals surface area contributed by atoms with Crippen LogP contribution in [0.1, 0.15) is 33.2 Å². The maximum Gasteiger partial charge on any atom is 0.338 e. The molecule has 25 heavy (non-hydrogen) atoms. The van der Waals surface area contributed by atoms with E-state index in [-0.39, 0.29) is 11.9 Å². The van der Waals surface area contributed by atoms with Gasteiger partial charge in [-0.25, -0.2) is 4.79 Å². The highest BCUT2D eigenvalue weighted by atomic mass is 32.1. The van der Waals surface area contributed by atoms with Gasteiger partial charge in [0.15, 0.2) is 4.80 Å². The Morgan fingerprint density at radius 1 is 1.12 bits per heavy atom. The smallest absolute Gasteiger partial charge is 0.338 e. The van der Waals surface area contributed by atoms with Crippen LogP contribution in [0.2, 0.25) is 0 Å². The number of carbonyl (C=O) groups is 2. The van der Waals surface area contributed by atoms with E-state index in [0.717, 1.165) is 15.8 Å². The lowest BCUT2D eigenvalue weighted by Crippen LogP contribution is -2.13. The Morgan fingerprint density at radius 3 is 2.48 bits per heavy atom. The molecule has 128 valence electrons. The van der Waals surface area contributed by atoms with Crippen LogP contribution in [0.25, 0.3) is 10.2 Å². The topological polar surface area (TPSA) is 60.7 Å². The highest BCUT2D eigenvalue weighted by molar-refractivity contribution is 7.16. The molecule has 0 unspecified atom stereocenters. The maximum atomic E-state index is 12.4. The minimum Gasteiger partial charge on any atom is -0.462 e. The molecule has 0 atom stereocenters. The molecule has 2 aromatic carbocycles. The zero-order chi connectivity index (χ0) is 18.0. The molecule has 6 heteroatoms. The number of ether oxygens (including phenoxy) is 1. The molecule has 1 aromatic heterocycles. The number of nitrogens with zero attached hydrogens (tertiary/aromatic N) is 2. The minimum atomic E-state index is -0.352. The highest BCUT2D eigenvalue weighted by Crippen LogP contribution is 2.19. The summed E-state index contributed by atoms with van der Waals surface area (Å²) in [5.41, 5.74) is 3.05. The average molecular weight is 354 g/mol. The van der Waals surface area contributed by atoms with Gasteiger partial charge in [0, 0.05) is 12.6 Å². The summed E-state index contributed by atoms with van der Waals surface area (Å²) in [6.07, 6.45) is 0. The van der Waals surface area contributed by atoms with Gasteiger partial charge in [0.1, 0.15) is 0 Å². The fourth-order valence-electron chi connectivity index (χ4n) is 2.43. The third-order valence-electron chi connectivity index (χ3n) is 3.82. The van der Waals surface area contributed by atoms with Gasteiger partial charge in [0.2, 0.25) is 0 Å². The predicted molar refractivity (Wildman–Crippen MR) is 97.8 cm³/mol. The predicted octanol–water partition coefficient (Wildman–Crippen LogP) is 3.47. The molecule has 3 aromatic rings. The first-order chi connectivity index (χ1) is 12.0. The number of fused-ring (bicyclic) bond motifs is 1. The normalized spacial score (nSPS) is 11.7. The number of benzene rings is 2. The summed E-state index contributed by atoms with van der Waals surface area (Å²) >= 11 is 1.37. The Kier molecular flexibility index (Phi) is 4.81. The molecule has 0 aliphatic heterocycles. The number of rotatable bonds is 3. The maximum absolute atomic E-state index is 12.4. The van der Waals surface area contributed by atoms with Gasteiger partial charge in [-0.1, -0.05) is 29.0 Å². The van der Waals surface area contributed by atoms with Crippen LogP contribution in [-0.2, 0) is 11.8 Å². The summed E-state index contributed by atoms with van der Waals surface area (Å²) in [5, 5.41) is 0. The first kappa shape index (κ1) is 17.1. The molecule has 0 saturated heterocycles. The molecule has 0 spiro atoms. The second-order valence-corrected chi connectivity index (χ2v) is 6.64. The Bertz CT molecular complexity index is 1010. The average Bonchev–Trinajstić information content (AvgIpc) is 2.91. The molecule has 0 bridgehead atoms. The second kappa shape index (κ2) is 7.03. The van der Waals surface area contributed by atoms with E-state index in [4.69, 9.17) is 4.74 Å². The number of thiazole rings is 1. The van der Waals surface area contributed by atoms with Crippen LogP contribution in [0.5, 0.6) is 0 Å². The first-order valence-corrected chi connectivity index (χ1v) is 8.73. The Balaban J connectivity index is 2.01. The summed E-state index contributed by atoms with van der Waals surface area (Å²) in [7, 11) is 1.85. The summed E-state index contributed by atoms with van der Waals surface area (Å²) in [6.45, 7) is 4.08. The zero-order valence-electron chi connectivity index (χ0n) is 14.3. The van der Waals surface area contributed by atoms with Crippen LogP contribution in [-0.4, -0.2) is 23.1 Å². The van der Waals surface area contributed by atoms with E-state index in [2.05, 4.69) is 4.99 Å². The van der Waals surface area contributed by atoms with Crippen LogP contribution in [0.15, 0.2) is 47.5 Å². The summed E-state index contributed by atoms with van der Waals surface area (Å²) < 4.78 is 7.75. The molecule has 0 aliphatic carbocycles. The van der Waals surface area contributed by atoms with Crippen molar-refractivity contribution in [2.75, 3.05) is 6.61 Å². The van der Waals surface area contributed by atoms with Crippen molar-refractivity contribution in [2.45, 2.75) is 13.8 Å². The lowest BCUT2D eigenvalue weighted by Gasteiger charge is -2.01. The zero-order valence-corrected chi connectivity index (χ0v) is 15.1. The molecule has 1 heterocycles. The van der Waals surface area contributed by atoms with Gasteiger partial charge < -0.3 is 9.30 Å². The first-order valence-electron chi connectivity index (χ1n) is 7.92. The molecule has 0 aliphatic rings. The number of carbonyl (C=O) groups excluding carboxylic acids is 2.